The SMILES string of the molecule is Cc1ccc(NN2C(=O)C3CC4C(=CCC5C(=O)N(CCC(=O)O)C(=O)C54)C(c4cc(C)c(O)c(C)c4)C3(c3ccccc3)C2=O)cc1. The number of anilines is 1. The number of hydrogen-bond acceptors (Lipinski definition) is 7. The van der Waals surface area contributed by atoms with Crippen LogP contribution in [0.2, 0.25) is 0 Å². The molecule has 4 amide bonds. The van der Waals surface area contributed by atoms with E-state index in [4.69, 9.17) is 0 Å². The summed E-state index contributed by atoms with van der Waals surface area (Å²) in [5.41, 5.74) is 6.69. The van der Waals surface area contributed by atoms with Crippen LogP contribution in [-0.4, -0.2) is 56.3 Å². The van der Waals surface area contributed by atoms with E-state index in [1.54, 1.807) is 26.0 Å². The molecule has 3 aromatic rings. The number of aliphatic carboxylic acids is 1. The summed E-state index contributed by atoms with van der Waals surface area (Å²) < 4.78 is 0. The number of allylic oxidation sites excluding steroid dienone is 2. The highest BCUT2D eigenvalue weighted by atomic mass is 16.4. The molecular weight excluding hydrogens is 610 g/mol. The Kier molecular flexibility index (Phi) is 7.49. The minimum atomic E-state index is -1.41. The van der Waals surface area contributed by atoms with Gasteiger partial charge in [0.1, 0.15) is 5.75 Å². The van der Waals surface area contributed by atoms with Crippen LogP contribution in [0.15, 0.2) is 78.4 Å². The van der Waals surface area contributed by atoms with Crippen LogP contribution in [0.4, 0.5) is 5.69 Å². The molecule has 48 heavy (non-hydrogen) atoms. The highest BCUT2D eigenvalue weighted by Gasteiger charge is 2.70. The zero-order valence-corrected chi connectivity index (χ0v) is 27.0. The Balaban J connectivity index is 1.43. The first kappa shape index (κ1) is 31.4. The molecule has 246 valence electrons. The van der Waals surface area contributed by atoms with Crippen LogP contribution in [0.1, 0.15) is 53.0 Å². The fourth-order valence-electron chi connectivity index (χ4n) is 8.77. The number of likely N-dealkylation sites (tertiary alicyclic amines) is 1. The van der Waals surface area contributed by atoms with Crippen molar-refractivity contribution in [1.82, 2.24) is 9.91 Å². The third-order valence-corrected chi connectivity index (χ3v) is 10.9. The van der Waals surface area contributed by atoms with Gasteiger partial charge >= 0.3 is 5.97 Å². The zero-order chi connectivity index (χ0) is 34.1. The van der Waals surface area contributed by atoms with Crippen molar-refractivity contribution in [1.29, 1.82) is 0 Å². The summed E-state index contributed by atoms with van der Waals surface area (Å²) in [7, 11) is 0. The minimum Gasteiger partial charge on any atom is -0.507 e. The Labute approximate surface area is 278 Å². The van der Waals surface area contributed by atoms with E-state index < -0.39 is 64.6 Å². The van der Waals surface area contributed by atoms with Crippen molar-refractivity contribution in [3.05, 3.63) is 106 Å². The lowest BCUT2D eigenvalue weighted by atomic mass is 9.49. The average Bonchev–Trinajstić information content (AvgIpc) is 3.44. The topological polar surface area (TPSA) is 144 Å². The van der Waals surface area contributed by atoms with Crippen LogP contribution < -0.4 is 5.43 Å². The number of fused-ring (bicyclic) bond motifs is 4. The quantitative estimate of drug-likeness (QED) is 0.246. The fraction of sp³-hybridized carbons (Fsp3) is 0.342. The number of rotatable bonds is 7. The Bertz CT molecular complexity index is 1880. The number of phenolic OH excluding ortho intramolecular Hbond substituents is 1. The van der Waals surface area contributed by atoms with Crippen molar-refractivity contribution < 1.29 is 34.2 Å². The van der Waals surface area contributed by atoms with E-state index in [1.165, 1.54) is 0 Å². The lowest BCUT2D eigenvalue weighted by molar-refractivity contribution is -0.143. The van der Waals surface area contributed by atoms with Crippen LogP contribution in [0.3, 0.4) is 0 Å². The molecule has 10 nitrogen and oxygen atoms in total. The van der Waals surface area contributed by atoms with E-state index in [1.807, 2.05) is 67.6 Å². The van der Waals surface area contributed by atoms with E-state index in [0.29, 0.717) is 22.4 Å². The van der Waals surface area contributed by atoms with Gasteiger partial charge in [0.2, 0.25) is 11.8 Å². The Morgan fingerprint density at radius 3 is 2.21 bits per heavy atom. The van der Waals surface area contributed by atoms with E-state index in [2.05, 4.69) is 5.43 Å². The van der Waals surface area contributed by atoms with Crippen molar-refractivity contribution in [2.75, 3.05) is 12.0 Å². The maximum absolute atomic E-state index is 15.2. The molecule has 6 unspecified atom stereocenters. The average molecular weight is 648 g/mol. The summed E-state index contributed by atoms with van der Waals surface area (Å²) in [5.74, 6) is -6.28. The molecule has 6 atom stereocenters. The molecule has 0 bridgehead atoms. The first-order chi connectivity index (χ1) is 22.9. The zero-order valence-electron chi connectivity index (χ0n) is 27.0. The summed E-state index contributed by atoms with van der Waals surface area (Å²) in [4.78, 5) is 69.8. The largest absolute Gasteiger partial charge is 0.507 e. The Hall–Kier alpha value is -5.25. The number of phenols is 1. The van der Waals surface area contributed by atoms with Gasteiger partial charge in [0.25, 0.3) is 11.8 Å². The molecule has 10 heteroatoms. The van der Waals surface area contributed by atoms with Gasteiger partial charge in [-0.2, -0.15) is 5.01 Å². The van der Waals surface area contributed by atoms with Gasteiger partial charge in [0.15, 0.2) is 0 Å². The molecule has 3 fully saturated rings. The molecule has 2 saturated heterocycles. The molecule has 2 aliphatic carbocycles. The molecule has 0 spiro atoms. The number of amides is 4. The fourth-order valence-corrected chi connectivity index (χ4v) is 8.77. The highest BCUT2D eigenvalue weighted by Crippen LogP contribution is 2.64. The van der Waals surface area contributed by atoms with Gasteiger partial charge in [-0.1, -0.05) is 71.8 Å². The first-order valence-electron chi connectivity index (χ1n) is 16.3. The second-order valence-corrected chi connectivity index (χ2v) is 13.6. The van der Waals surface area contributed by atoms with Crippen LogP contribution in [-0.2, 0) is 29.4 Å². The summed E-state index contributed by atoms with van der Waals surface area (Å²) in [6.07, 6.45) is 2.01. The molecule has 4 aliphatic rings. The molecular formula is C38H37N3O7. The maximum atomic E-state index is 15.2. The normalized spacial score (nSPS) is 27.8. The number of nitrogens with zero attached hydrogens (tertiary/aromatic N) is 2. The number of carboxylic acids is 1. The maximum Gasteiger partial charge on any atom is 0.305 e. The molecule has 2 heterocycles. The predicted molar refractivity (Wildman–Crippen MR) is 175 cm³/mol. The van der Waals surface area contributed by atoms with Crippen molar-refractivity contribution in [3.63, 3.8) is 0 Å². The Morgan fingerprint density at radius 2 is 1.56 bits per heavy atom. The molecule has 0 radical (unpaired) electrons. The van der Waals surface area contributed by atoms with Gasteiger partial charge < -0.3 is 10.2 Å². The van der Waals surface area contributed by atoms with Gasteiger partial charge in [-0.15, -0.1) is 0 Å². The van der Waals surface area contributed by atoms with Crippen LogP contribution >= 0.6 is 0 Å². The molecule has 3 aromatic carbocycles. The molecule has 3 N–H and O–H groups in total. The van der Waals surface area contributed by atoms with Crippen LogP contribution in [0, 0.1) is 44.4 Å². The van der Waals surface area contributed by atoms with Gasteiger partial charge in [0.05, 0.1) is 35.3 Å². The molecule has 2 aliphatic heterocycles. The second kappa shape index (κ2) is 11.5. The monoisotopic (exact) mass is 647 g/mol. The van der Waals surface area contributed by atoms with Crippen molar-refractivity contribution >= 4 is 35.3 Å². The van der Waals surface area contributed by atoms with E-state index in [0.717, 1.165) is 26.6 Å². The molecule has 0 aromatic heterocycles. The third-order valence-electron chi connectivity index (χ3n) is 10.9. The van der Waals surface area contributed by atoms with Crippen LogP contribution in [0.5, 0.6) is 5.75 Å². The summed E-state index contributed by atoms with van der Waals surface area (Å²) in [5, 5.41) is 21.2. The van der Waals surface area contributed by atoms with Gasteiger partial charge in [-0.25, -0.2) is 0 Å². The number of nitrogens with one attached hydrogen (secondary N) is 1. The third kappa shape index (κ3) is 4.57. The smallest absolute Gasteiger partial charge is 0.305 e. The minimum absolute atomic E-state index is 0.135. The standard InChI is InChI=1S/C38H37N3O7/c1-20-9-11-25(12-10-20)39-41-35(46)29-19-28-26(13-14-27-31(28)36(47)40(34(27)45)16-15-30(42)43)32(23-17-21(2)33(44)22(3)18-23)38(29,37(41)48)24-7-5-4-6-8-24/h4-13,17-18,27-29,31-32,39,44H,14-16,19H2,1-3H3,(H,42,43). The van der Waals surface area contributed by atoms with Crippen molar-refractivity contribution in [2.45, 2.75) is 51.4 Å². The molecule has 7 rings (SSSR count). The number of benzene rings is 3. The van der Waals surface area contributed by atoms with Gasteiger partial charge in [-0.3, -0.25) is 34.3 Å². The van der Waals surface area contributed by atoms with E-state index in [-0.39, 0.29) is 31.6 Å². The Morgan fingerprint density at radius 1 is 0.896 bits per heavy atom. The number of carboxylic acid groups (broad SMARTS) is 1. The number of aryl methyl sites for hydroxylation is 3. The van der Waals surface area contributed by atoms with Crippen molar-refractivity contribution in [2.24, 2.45) is 23.7 Å². The summed E-state index contributed by atoms with van der Waals surface area (Å²) >= 11 is 0. The number of imide groups is 2. The van der Waals surface area contributed by atoms with E-state index >= 15 is 4.79 Å². The lowest BCUT2D eigenvalue weighted by Crippen LogP contribution is -2.53. The molecule has 1 saturated carbocycles. The first-order valence-corrected chi connectivity index (χ1v) is 16.3. The van der Waals surface area contributed by atoms with Crippen molar-refractivity contribution in [3.8, 4) is 5.75 Å². The summed E-state index contributed by atoms with van der Waals surface area (Å²) in [6.45, 7) is 5.31. The summed E-state index contributed by atoms with van der Waals surface area (Å²) in [6, 6.07) is 20.3. The lowest BCUT2D eigenvalue weighted by Gasteiger charge is -2.50. The second-order valence-electron chi connectivity index (χ2n) is 13.6. The number of hydrogen-bond donors (Lipinski definition) is 3. The number of carbonyl (C=O) groups is 5. The van der Waals surface area contributed by atoms with E-state index in [9.17, 15) is 29.4 Å². The number of carbonyl (C=O) groups excluding carboxylic acids is 4. The number of aromatic hydroxyl groups is 1. The van der Waals surface area contributed by atoms with Gasteiger partial charge in [-0.05, 0) is 73.9 Å². The van der Waals surface area contributed by atoms with Crippen LogP contribution in [0.25, 0.3) is 0 Å². The number of hydrazine groups is 1. The van der Waals surface area contributed by atoms with Gasteiger partial charge in [0, 0.05) is 12.5 Å². The highest BCUT2D eigenvalue weighted by molar-refractivity contribution is 6.13. The predicted octanol–water partition coefficient (Wildman–Crippen LogP) is 4.78.